The number of hydrogen-bond donors (Lipinski definition) is 3. The number of thiophene rings is 1. The van der Waals surface area contributed by atoms with Gasteiger partial charge in [-0.05, 0) is 43.9 Å². The number of aromatic nitrogens is 2. The van der Waals surface area contributed by atoms with Crippen LogP contribution < -0.4 is 21.1 Å². The number of ether oxygens (including phenoxy) is 1. The van der Waals surface area contributed by atoms with E-state index in [1.54, 1.807) is 0 Å². The molecule has 3 aromatic rings. The predicted octanol–water partition coefficient (Wildman–Crippen LogP) is 4.06. The smallest absolute Gasteiger partial charge is 0.251 e. The minimum absolute atomic E-state index is 0.158. The number of primary amides is 1. The molecular formula is C20H21N5O3S3. The molecule has 4 N–H and O–H groups in total. The summed E-state index contributed by atoms with van der Waals surface area (Å²) in [6.45, 7) is 2.49. The van der Waals surface area contributed by atoms with Gasteiger partial charge in [-0.25, -0.2) is 0 Å². The van der Waals surface area contributed by atoms with E-state index in [2.05, 4.69) is 20.8 Å². The van der Waals surface area contributed by atoms with Crippen molar-refractivity contribution in [3.05, 3.63) is 40.3 Å². The molecule has 1 aliphatic rings. The van der Waals surface area contributed by atoms with E-state index >= 15 is 0 Å². The number of fused-ring (bicyclic) bond motifs is 1. The van der Waals surface area contributed by atoms with Crippen molar-refractivity contribution in [3.63, 3.8) is 0 Å². The van der Waals surface area contributed by atoms with Gasteiger partial charge in [0.25, 0.3) is 5.91 Å². The molecule has 31 heavy (non-hydrogen) atoms. The molecule has 0 fully saturated rings. The second kappa shape index (κ2) is 9.67. The summed E-state index contributed by atoms with van der Waals surface area (Å²) < 4.78 is 6.27. The molecule has 162 valence electrons. The number of anilines is 3. The van der Waals surface area contributed by atoms with Gasteiger partial charge in [-0.2, -0.15) is 0 Å². The number of para-hydroxylation sites is 2. The number of hydrogen-bond acceptors (Lipinski definition) is 9. The lowest BCUT2D eigenvalue weighted by molar-refractivity contribution is -0.113. The first-order chi connectivity index (χ1) is 15.0. The van der Waals surface area contributed by atoms with Crippen LogP contribution in [0.1, 0.15) is 34.1 Å². The molecule has 1 aromatic carbocycles. The topological polar surface area (TPSA) is 119 Å². The number of amides is 2. The lowest BCUT2D eigenvalue weighted by Gasteiger charge is -2.09. The molecular weight excluding hydrogens is 454 g/mol. The molecule has 1 aliphatic carbocycles. The van der Waals surface area contributed by atoms with Crippen LogP contribution in [0.3, 0.4) is 0 Å². The number of benzene rings is 1. The second-order valence-corrected chi connectivity index (χ2v) is 10.00. The first-order valence-electron chi connectivity index (χ1n) is 9.74. The van der Waals surface area contributed by atoms with Gasteiger partial charge < -0.3 is 21.1 Å². The summed E-state index contributed by atoms with van der Waals surface area (Å²) in [5.41, 5.74) is 7.81. The van der Waals surface area contributed by atoms with E-state index < -0.39 is 5.91 Å². The van der Waals surface area contributed by atoms with Crippen molar-refractivity contribution in [2.24, 2.45) is 5.73 Å². The van der Waals surface area contributed by atoms with Crippen LogP contribution in [0.2, 0.25) is 0 Å². The first kappa shape index (κ1) is 21.6. The molecule has 0 atom stereocenters. The number of rotatable bonds is 9. The molecule has 8 nitrogen and oxygen atoms in total. The van der Waals surface area contributed by atoms with Crippen molar-refractivity contribution < 1.29 is 14.3 Å². The molecule has 4 rings (SSSR count). The highest BCUT2D eigenvalue weighted by Crippen LogP contribution is 2.39. The van der Waals surface area contributed by atoms with E-state index in [0.29, 0.717) is 26.6 Å². The third kappa shape index (κ3) is 5.00. The van der Waals surface area contributed by atoms with Gasteiger partial charge in [0.15, 0.2) is 4.34 Å². The number of nitrogens with one attached hydrogen (secondary N) is 2. The highest BCUT2D eigenvalue weighted by molar-refractivity contribution is 8.01. The van der Waals surface area contributed by atoms with E-state index in [1.165, 1.54) is 34.4 Å². The number of nitrogens with zero attached hydrogens (tertiary/aromatic N) is 2. The summed E-state index contributed by atoms with van der Waals surface area (Å²) in [6.07, 6.45) is 2.79. The molecule has 11 heteroatoms. The molecule has 0 aliphatic heterocycles. The predicted molar refractivity (Wildman–Crippen MR) is 125 cm³/mol. The second-order valence-electron chi connectivity index (χ2n) is 6.69. The average Bonchev–Trinajstić information content (AvgIpc) is 3.44. The third-order valence-electron chi connectivity index (χ3n) is 4.58. The summed E-state index contributed by atoms with van der Waals surface area (Å²) in [5.74, 6) is 0.195. The standard InChI is InChI=1S/C20H21N5O3S3/c1-2-28-13-8-4-3-7-12(13)22-19-24-25-20(31-19)29-10-15(26)23-18-16(17(21)27)11-6-5-9-14(11)30-18/h3-4,7-8H,2,5-6,9-10H2,1H3,(H2,21,27)(H,22,24)(H,23,26). The lowest BCUT2D eigenvalue weighted by Crippen LogP contribution is -2.18. The van der Waals surface area contributed by atoms with Crippen molar-refractivity contribution in [1.29, 1.82) is 0 Å². The summed E-state index contributed by atoms with van der Waals surface area (Å²) in [6, 6.07) is 7.60. The Bertz CT molecular complexity index is 1110. The zero-order valence-electron chi connectivity index (χ0n) is 16.8. The van der Waals surface area contributed by atoms with E-state index in [1.807, 2.05) is 31.2 Å². The van der Waals surface area contributed by atoms with Gasteiger partial charge in [0.05, 0.1) is 23.6 Å². The molecule has 2 heterocycles. The summed E-state index contributed by atoms with van der Waals surface area (Å²) in [7, 11) is 0. The van der Waals surface area contributed by atoms with Crippen molar-refractivity contribution in [2.45, 2.75) is 30.5 Å². The monoisotopic (exact) mass is 475 g/mol. The molecule has 2 amide bonds. The van der Waals surface area contributed by atoms with Gasteiger partial charge in [0, 0.05) is 4.88 Å². The fourth-order valence-electron chi connectivity index (χ4n) is 3.33. The highest BCUT2D eigenvalue weighted by atomic mass is 32.2. The Morgan fingerprint density at radius 1 is 1.23 bits per heavy atom. The minimum atomic E-state index is -0.491. The van der Waals surface area contributed by atoms with Gasteiger partial charge in [-0.3, -0.25) is 9.59 Å². The van der Waals surface area contributed by atoms with Crippen molar-refractivity contribution >= 4 is 62.1 Å². The number of nitrogens with two attached hydrogens (primary N) is 1. The Balaban J connectivity index is 1.35. The number of thioether (sulfide) groups is 1. The van der Waals surface area contributed by atoms with Crippen LogP contribution in [0.4, 0.5) is 15.8 Å². The van der Waals surface area contributed by atoms with E-state index in [0.717, 1.165) is 41.1 Å². The number of carbonyl (C=O) groups excluding carboxylic acids is 2. The highest BCUT2D eigenvalue weighted by Gasteiger charge is 2.26. The molecule has 0 unspecified atom stereocenters. The Labute approximate surface area is 191 Å². The number of aryl methyl sites for hydroxylation is 1. The number of carbonyl (C=O) groups is 2. The van der Waals surface area contributed by atoms with Crippen LogP contribution in [-0.4, -0.2) is 34.4 Å². The van der Waals surface area contributed by atoms with Crippen molar-refractivity contribution in [3.8, 4) is 5.75 Å². The Kier molecular flexibility index (Phi) is 6.73. The van der Waals surface area contributed by atoms with Gasteiger partial charge in [-0.15, -0.1) is 21.5 Å². The van der Waals surface area contributed by atoms with Gasteiger partial charge in [0.1, 0.15) is 10.8 Å². The van der Waals surface area contributed by atoms with Crippen LogP contribution in [0.5, 0.6) is 5.75 Å². The molecule has 0 radical (unpaired) electrons. The van der Waals surface area contributed by atoms with Gasteiger partial charge >= 0.3 is 0 Å². The fraction of sp³-hybridized carbons (Fsp3) is 0.300. The van der Waals surface area contributed by atoms with Crippen LogP contribution in [0.25, 0.3) is 0 Å². The SMILES string of the molecule is CCOc1ccccc1Nc1nnc(SCC(=O)Nc2sc3c(c2C(N)=O)CCC3)s1. The maximum Gasteiger partial charge on any atom is 0.251 e. The third-order valence-corrected chi connectivity index (χ3v) is 7.76. The van der Waals surface area contributed by atoms with Crippen molar-refractivity contribution in [2.75, 3.05) is 23.0 Å². The Hall–Kier alpha value is -2.63. The van der Waals surface area contributed by atoms with Gasteiger partial charge in [-0.1, -0.05) is 35.2 Å². The summed E-state index contributed by atoms with van der Waals surface area (Å²) in [5, 5.41) is 15.5. The van der Waals surface area contributed by atoms with Gasteiger partial charge in [0.2, 0.25) is 11.0 Å². The molecule has 0 saturated heterocycles. The fourth-order valence-corrected chi connectivity index (χ4v) is 6.20. The molecule has 0 spiro atoms. The lowest BCUT2D eigenvalue weighted by atomic mass is 10.1. The normalized spacial score (nSPS) is 12.4. The maximum absolute atomic E-state index is 12.4. The zero-order valence-corrected chi connectivity index (χ0v) is 19.2. The molecule has 0 saturated carbocycles. The largest absolute Gasteiger partial charge is 0.492 e. The Morgan fingerprint density at radius 3 is 2.87 bits per heavy atom. The quantitative estimate of drug-likeness (QED) is 0.399. The van der Waals surface area contributed by atoms with Crippen LogP contribution >= 0.6 is 34.4 Å². The molecule has 0 bridgehead atoms. The minimum Gasteiger partial charge on any atom is -0.492 e. The van der Waals surface area contributed by atoms with E-state index in [9.17, 15) is 9.59 Å². The van der Waals surface area contributed by atoms with E-state index in [4.69, 9.17) is 10.5 Å². The Morgan fingerprint density at radius 2 is 2.06 bits per heavy atom. The van der Waals surface area contributed by atoms with E-state index in [-0.39, 0.29) is 11.7 Å². The summed E-state index contributed by atoms with van der Waals surface area (Å²) >= 11 is 4.09. The first-order valence-corrected chi connectivity index (χ1v) is 12.4. The van der Waals surface area contributed by atoms with Crippen LogP contribution in [0, 0.1) is 0 Å². The summed E-state index contributed by atoms with van der Waals surface area (Å²) in [4.78, 5) is 25.5. The zero-order chi connectivity index (χ0) is 21.8. The van der Waals surface area contributed by atoms with Crippen molar-refractivity contribution in [1.82, 2.24) is 10.2 Å². The molecule has 2 aromatic heterocycles. The maximum atomic E-state index is 12.4. The van der Waals surface area contributed by atoms with Crippen LogP contribution in [-0.2, 0) is 17.6 Å². The average molecular weight is 476 g/mol. The van der Waals surface area contributed by atoms with Crippen LogP contribution in [0.15, 0.2) is 28.6 Å².